The van der Waals surface area contributed by atoms with Crippen molar-refractivity contribution in [1.29, 1.82) is 0 Å². The lowest BCUT2D eigenvalue weighted by atomic mass is 10.0. The highest BCUT2D eigenvalue weighted by Gasteiger charge is 2.31. The van der Waals surface area contributed by atoms with E-state index in [0.717, 1.165) is 11.1 Å². The van der Waals surface area contributed by atoms with Gasteiger partial charge in [-0.15, -0.1) is 0 Å². The molecule has 0 radical (unpaired) electrons. The van der Waals surface area contributed by atoms with Crippen LogP contribution in [0.25, 0.3) is 0 Å². The maximum atomic E-state index is 13.0. The Kier molecular flexibility index (Phi) is 9.84. The van der Waals surface area contributed by atoms with Crippen LogP contribution in [0.4, 0.5) is 21.9 Å². The summed E-state index contributed by atoms with van der Waals surface area (Å²) in [6.07, 6.45) is 0.492. The molecule has 0 saturated heterocycles. The fraction of sp³-hybridized carbons (Fsp3) is 0.276. The van der Waals surface area contributed by atoms with Gasteiger partial charge in [-0.2, -0.15) is 0 Å². The lowest BCUT2D eigenvalue weighted by Crippen LogP contribution is -2.48. The zero-order valence-electron chi connectivity index (χ0n) is 22.1. The summed E-state index contributed by atoms with van der Waals surface area (Å²) in [5, 5.41) is 18.5. The highest BCUT2D eigenvalue weighted by molar-refractivity contribution is 6.01. The molecule has 38 heavy (non-hydrogen) atoms. The van der Waals surface area contributed by atoms with Gasteiger partial charge in [-0.25, -0.2) is 14.8 Å². The van der Waals surface area contributed by atoms with Gasteiger partial charge in [0, 0.05) is 25.2 Å². The Hall–Kier alpha value is -4.37. The molecule has 0 aliphatic rings. The second-order valence-electron chi connectivity index (χ2n) is 8.80. The van der Waals surface area contributed by atoms with Crippen molar-refractivity contribution >= 4 is 35.0 Å². The number of amides is 3. The predicted molar refractivity (Wildman–Crippen MR) is 148 cm³/mol. The van der Waals surface area contributed by atoms with E-state index in [-0.39, 0.29) is 12.3 Å². The van der Waals surface area contributed by atoms with Gasteiger partial charge in [0.25, 0.3) is 0 Å². The number of carboxylic acid groups (broad SMARTS) is 1. The number of urea groups is 1. The molecule has 9 heteroatoms. The lowest BCUT2D eigenvalue weighted by Gasteiger charge is -2.39. The maximum absolute atomic E-state index is 13.0. The molecule has 0 bridgehead atoms. The molecule has 1 atom stereocenters. The molecule has 0 fully saturated rings. The third-order valence-electron chi connectivity index (χ3n) is 5.99. The molecule has 0 spiro atoms. The number of hydrazine groups is 1. The summed E-state index contributed by atoms with van der Waals surface area (Å²) in [6.45, 7) is 5.73. The number of ether oxygens (including phenoxy) is 1. The molecule has 3 N–H and O–H groups in total. The molecule has 3 aromatic rings. The number of anilines is 3. The van der Waals surface area contributed by atoms with E-state index in [1.165, 1.54) is 19.0 Å². The molecule has 200 valence electrons. The van der Waals surface area contributed by atoms with E-state index < -0.39 is 18.0 Å². The maximum Gasteiger partial charge on any atom is 0.323 e. The minimum absolute atomic E-state index is 0.191. The van der Waals surface area contributed by atoms with Crippen molar-refractivity contribution in [3.63, 3.8) is 0 Å². The van der Waals surface area contributed by atoms with Crippen LogP contribution in [0.3, 0.4) is 0 Å². The topological polar surface area (TPSA) is 111 Å². The van der Waals surface area contributed by atoms with Crippen LogP contribution in [0, 0.1) is 6.92 Å². The minimum atomic E-state index is -0.972. The number of aryl methyl sites for hydroxylation is 1. The predicted octanol–water partition coefficient (Wildman–Crippen LogP) is 5.84. The zero-order chi connectivity index (χ0) is 27.7. The average molecular weight is 519 g/mol. The molecular formula is C29H34N4O5. The van der Waals surface area contributed by atoms with Gasteiger partial charge in [0.2, 0.25) is 5.91 Å². The van der Waals surface area contributed by atoms with Crippen molar-refractivity contribution in [1.82, 2.24) is 5.01 Å². The fourth-order valence-corrected chi connectivity index (χ4v) is 4.28. The molecule has 0 aromatic heterocycles. The van der Waals surface area contributed by atoms with Crippen molar-refractivity contribution in [2.24, 2.45) is 0 Å². The smallest absolute Gasteiger partial charge is 0.323 e. The summed E-state index contributed by atoms with van der Waals surface area (Å²) in [6, 6.07) is 20.7. The number of carboxylic acids is 1. The number of hydrogen-bond donors (Lipinski definition) is 3. The van der Waals surface area contributed by atoms with Gasteiger partial charge in [-0.3, -0.25) is 9.59 Å². The molecular weight excluding hydrogens is 484 g/mol. The van der Waals surface area contributed by atoms with E-state index in [9.17, 15) is 19.5 Å². The summed E-state index contributed by atoms with van der Waals surface area (Å²) in [7, 11) is 1.47. The van der Waals surface area contributed by atoms with Gasteiger partial charge in [-0.1, -0.05) is 55.5 Å². The summed E-state index contributed by atoms with van der Waals surface area (Å²) < 4.78 is 5.55. The van der Waals surface area contributed by atoms with Gasteiger partial charge in [0.05, 0.1) is 30.9 Å². The Morgan fingerprint density at radius 2 is 1.61 bits per heavy atom. The zero-order valence-corrected chi connectivity index (χ0v) is 22.1. The number of benzene rings is 3. The minimum Gasteiger partial charge on any atom is -0.494 e. The van der Waals surface area contributed by atoms with Gasteiger partial charge in [0.15, 0.2) is 0 Å². The van der Waals surface area contributed by atoms with Crippen molar-refractivity contribution in [3.8, 4) is 5.75 Å². The monoisotopic (exact) mass is 518 g/mol. The Morgan fingerprint density at radius 1 is 0.947 bits per heavy atom. The van der Waals surface area contributed by atoms with Crippen LogP contribution in [0.15, 0.2) is 72.8 Å². The lowest BCUT2D eigenvalue weighted by molar-refractivity contribution is -0.139. The molecule has 1 unspecified atom stereocenters. The first-order chi connectivity index (χ1) is 18.2. The first-order valence-electron chi connectivity index (χ1n) is 12.4. The van der Waals surface area contributed by atoms with E-state index in [0.29, 0.717) is 35.8 Å². The Bertz CT molecular complexity index is 1260. The summed E-state index contributed by atoms with van der Waals surface area (Å²) in [4.78, 5) is 37.5. The fourth-order valence-electron chi connectivity index (χ4n) is 4.28. The van der Waals surface area contributed by atoms with E-state index in [2.05, 4.69) is 10.6 Å². The number of nitrogens with zero attached hydrogens (tertiary/aromatic N) is 2. The SMILES string of the molecule is CCCN(C(CC(=O)O)c1ccccc1)N(C(C)=O)c1ccc(NC(=O)Nc2ccccc2C)c(OC)c1. The van der Waals surface area contributed by atoms with Crippen LogP contribution in [0.1, 0.15) is 43.9 Å². The van der Waals surface area contributed by atoms with Crippen molar-refractivity contribution in [3.05, 3.63) is 83.9 Å². The van der Waals surface area contributed by atoms with Crippen molar-refractivity contribution in [2.75, 3.05) is 29.3 Å². The number of carbonyl (C=O) groups is 3. The van der Waals surface area contributed by atoms with E-state index in [1.54, 1.807) is 23.2 Å². The molecule has 0 aliphatic carbocycles. The largest absolute Gasteiger partial charge is 0.494 e. The Balaban J connectivity index is 1.95. The molecule has 3 amide bonds. The number of nitrogens with one attached hydrogen (secondary N) is 2. The number of aliphatic carboxylic acids is 1. The van der Waals surface area contributed by atoms with Crippen LogP contribution in [-0.4, -0.2) is 41.7 Å². The Morgan fingerprint density at radius 3 is 2.21 bits per heavy atom. The summed E-state index contributed by atoms with van der Waals surface area (Å²) in [5.41, 5.74) is 3.29. The van der Waals surface area contributed by atoms with E-state index in [1.807, 2.05) is 68.4 Å². The second kappa shape index (κ2) is 13.3. The van der Waals surface area contributed by atoms with Crippen molar-refractivity contribution in [2.45, 2.75) is 39.7 Å². The van der Waals surface area contributed by atoms with E-state index >= 15 is 0 Å². The van der Waals surface area contributed by atoms with Crippen LogP contribution < -0.4 is 20.4 Å². The van der Waals surface area contributed by atoms with Gasteiger partial charge in [-0.05, 0) is 42.7 Å². The summed E-state index contributed by atoms with van der Waals surface area (Å²) >= 11 is 0. The van der Waals surface area contributed by atoms with Crippen LogP contribution >= 0.6 is 0 Å². The number of rotatable bonds is 11. The number of para-hydroxylation sites is 1. The van der Waals surface area contributed by atoms with Crippen LogP contribution in [0.2, 0.25) is 0 Å². The Labute approximate surface area is 223 Å². The van der Waals surface area contributed by atoms with E-state index in [4.69, 9.17) is 4.74 Å². The van der Waals surface area contributed by atoms with Gasteiger partial charge in [0.1, 0.15) is 5.75 Å². The molecule has 0 heterocycles. The first kappa shape index (κ1) is 28.2. The molecule has 3 aromatic carbocycles. The third-order valence-corrected chi connectivity index (χ3v) is 5.99. The molecule has 9 nitrogen and oxygen atoms in total. The third kappa shape index (κ3) is 7.10. The molecule has 0 aliphatic heterocycles. The number of carbonyl (C=O) groups excluding carboxylic acids is 2. The normalized spacial score (nSPS) is 11.5. The van der Waals surface area contributed by atoms with Gasteiger partial charge >= 0.3 is 12.0 Å². The highest BCUT2D eigenvalue weighted by atomic mass is 16.5. The summed E-state index contributed by atoms with van der Waals surface area (Å²) in [5.74, 6) is -0.912. The highest BCUT2D eigenvalue weighted by Crippen LogP contribution is 2.34. The van der Waals surface area contributed by atoms with Crippen LogP contribution in [0.5, 0.6) is 5.75 Å². The number of hydrogen-bond acceptors (Lipinski definition) is 5. The standard InChI is InChI=1S/C29H34N4O5/c1-5-17-32(26(19-28(35)36)22-12-7-6-8-13-22)33(21(3)34)23-15-16-25(27(18-23)38-4)31-29(37)30-24-14-10-9-11-20(24)2/h6-16,18,26H,5,17,19H2,1-4H3,(H,35,36)(H2,30,31,37). The second-order valence-corrected chi connectivity index (χ2v) is 8.80. The van der Waals surface area contributed by atoms with Crippen molar-refractivity contribution < 1.29 is 24.2 Å². The molecule has 3 rings (SSSR count). The van der Waals surface area contributed by atoms with Gasteiger partial charge < -0.3 is 20.5 Å². The van der Waals surface area contributed by atoms with Crippen LogP contribution in [-0.2, 0) is 9.59 Å². The quantitative estimate of drug-likeness (QED) is 0.275. The first-order valence-corrected chi connectivity index (χ1v) is 12.4. The number of methoxy groups -OCH3 is 1. The average Bonchev–Trinajstić information content (AvgIpc) is 2.89. The molecule has 0 saturated carbocycles.